The van der Waals surface area contributed by atoms with Crippen LogP contribution in [-0.2, 0) is 0 Å². The van der Waals surface area contributed by atoms with Crippen LogP contribution in [0.4, 0.5) is 0 Å². The summed E-state index contributed by atoms with van der Waals surface area (Å²) in [4.78, 5) is 5.26. The molecule has 0 radical (unpaired) electrons. The van der Waals surface area contributed by atoms with Gasteiger partial charge in [0.1, 0.15) is 0 Å². The average Bonchev–Trinajstić information content (AvgIpc) is 3.02. The first kappa shape index (κ1) is 36.0. The third-order valence-electron chi connectivity index (χ3n) is 10.1. The predicted octanol–water partition coefficient (Wildman–Crippen LogP) is 8.82. The third kappa shape index (κ3) is 11.5. The van der Waals surface area contributed by atoms with Gasteiger partial charge in [0.05, 0.1) is 6.04 Å². The van der Waals surface area contributed by atoms with Gasteiger partial charge in [0.2, 0.25) is 0 Å². The van der Waals surface area contributed by atoms with Gasteiger partial charge in [0.15, 0.2) is 0 Å². The molecular formula is C38H64N4. The smallest absolute Gasteiger partial charge is 0.0528 e. The van der Waals surface area contributed by atoms with Gasteiger partial charge in [-0.25, -0.2) is 0 Å². The van der Waals surface area contributed by atoms with Crippen molar-refractivity contribution in [1.29, 1.82) is 0 Å². The van der Waals surface area contributed by atoms with Crippen LogP contribution in [0.2, 0.25) is 0 Å². The van der Waals surface area contributed by atoms with Crippen LogP contribution < -0.4 is 17.2 Å². The number of hydrogen-bond acceptors (Lipinski definition) is 4. The van der Waals surface area contributed by atoms with E-state index >= 15 is 0 Å². The largest absolute Gasteiger partial charge is 0.405 e. The molecule has 4 heteroatoms. The lowest BCUT2D eigenvalue weighted by Gasteiger charge is -2.32. The maximum atomic E-state index is 6.79. The molecule has 0 bridgehead atoms. The highest BCUT2D eigenvalue weighted by molar-refractivity contribution is 5.92. The lowest BCUT2D eigenvalue weighted by Crippen LogP contribution is -2.29. The number of rotatable bonds is 19. The Hall–Kier alpha value is -2.17. The molecule has 2 aliphatic carbocycles. The lowest BCUT2D eigenvalue weighted by atomic mass is 9.75. The van der Waals surface area contributed by atoms with Crippen LogP contribution in [0.1, 0.15) is 105 Å². The fourth-order valence-corrected chi connectivity index (χ4v) is 7.21. The Morgan fingerprint density at radius 3 is 2.43 bits per heavy atom. The van der Waals surface area contributed by atoms with E-state index in [0.717, 1.165) is 63.5 Å². The van der Waals surface area contributed by atoms with Crippen molar-refractivity contribution in [3.63, 3.8) is 0 Å². The van der Waals surface area contributed by atoms with Crippen molar-refractivity contribution in [1.82, 2.24) is 0 Å². The molecule has 0 aliphatic heterocycles. The SMILES string of the molecule is C=CC1=C([C@@H](N)CC(CC)CC(/C=C\N)[C@H](C)CC(CC)C(CC)/N=C(C)/C=C\C(CN)C2CC=CCC2)C=CCC1. The van der Waals surface area contributed by atoms with Gasteiger partial charge in [0, 0.05) is 11.8 Å². The molecule has 0 amide bonds. The predicted molar refractivity (Wildman–Crippen MR) is 186 cm³/mol. The van der Waals surface area contributed by atoms with E-state index in [0.29, 0.717) is 48.1 Å². The van der Waals surface area contributed by atoms with E-state index in [9.17, 15) is 0 Å². The summed E-state index contributed by atoms with van der Waals surface area (Å²) in [5.41, 5.74) is 22.7. The number of nitrogens with zero attached hydrogens (tertiary/aromatic N) is 1. The van der Waals surface area contributed by atoms with Crippen molar-refractivity contribution in [2.24, 2.45) is 57.7 Å². The van der Waals surface area contributed by atoms with Crippen LogP contribution in [0.3, 0.4) is 0 Å². The zero-order valence-corrected chi connectivity index (χ0v) is 27.7. The van der Waals surface area contributed by atoms with Crippen LogP contribution in [0.5, 0.6) is 0 Å². The molecule has 236 valence electrons. The second kappa shape index (κ2) is 19.9. The number of allylic oxidation sites excluding steroid dienone is 7. The molecule has 0 fully saturated rings. The van der Waals surface area contributed by atoms with Crippen molar-refractivity contribution in [3.05, 3.63) is 72.5 Å². The van der Waals surface area contributed by atoms with E-state index in [4.69, 9.17) is 22.2 Å². The van der Waals surface area contributed by atoms with E-state index in [-0.39, 0.29) is 6.04 Å². The quantitative estimate of drug-likeness (QED) is 0.106. The molecule has 0 aromatic heterocycles. The van der Waals surface area contributed by atoms with Crippen LogP contribution in [0.15, 0.2) is 77.5 Å². The summed E-state index contributed by atoms with van der Waals surface area (Å²) in [6, 6.07) is 0.389. The zero-order chi connectivity index (χ0) is 30.9. The molecule has 2 rings (SSSR count). The lowest BCUT2D eigenvalue weighted by molar-refractivity contribution is 0.245. The summed E-state index contributed by atoms with van der Waals surface area (Å²) < 4.78 is 0. The number of nitrogens with two attached hydrogens (primary N) is 3. The van der Waals surface area contributed by atoms with E-state index < -0.39 is 0 Å². The van der Waals surface area contributed by atoms with Gasteiger partial charge in [-0.05, 0) is 130 Å². The summed E-state index contributed by atoms with van der Waals surface area (Å²) in [5, 5.41) is 0. The van der Waals surface area contributed by atoms with E-state index in [2.05, 4.69) is 83.7 Å². The summed E-state index contributed by atoms with van der Waals surface area (Å²) in [7, 11) is 0. The van der Waals surface area contributed by atoms with Gasteiger partial charge in [-0.3, -0.25) is 4.99 Å². The fourth-order valence-electron chi connectivity index (χ4n) is 7.21. The van der Waals surface area contributed by atoms with E-state index in [1.54, 1.807) is 6.20 Å². The molecule has 2 aliphatic rings. The van der Waals surface area contributed by atoms with Gasteiger partial charge in [-0.15, -0.1) is 0 Å². The number of hydrogen-bond donors (Lipinski definition) is 3. The molecule has 0 aromatic rings. The molecule has 0 aromatic carbocycles. The molecule has 42 heavy (non-hydrogen) atoms. The maximum Gasteiger partial charge on any atom is 0.0528 e. The van der Waals surface area contributed by atoms with Gasteiger partial charge >= 0.3 is 0 Å². The molecule has 0 saturated carbocycles. The first-order valence-electron chi connectivity index (χ1n) is 17.0. The van der Waals surface area contributed by atoms with E-state index in [1.165, 1.54) is 24.0 Å². The Morgan fingerprint density at radius 1 is 1.05 bits per heavy atom. The molecule has 6 N–H and O–H groups in total. The second-order valence-corrected chi connectivity index (χ2v) is 13.0. The van der Waals surface area contributed by atoms with Gasteiger partial charge < -0.3 is 17.2 Å². The van der Waals surface area contributed by atoms with E-state index in [1.807, 2.05) is 6.08 Å². The molecule has 6 unspecified atom stereocenters. The van der Waals surface area contributed by atoms with Crippen LogP contribution in [0.25, 0.3) is 0 Å². The van der Waals surface area contributed by atoms with Crippen molar-refractivity contribution in [2.75, 3.05) is 6.54 Å². The van der Waals surface area contributed by atoms with Gasteiger partial charge in [-0.2, -0.15) is 0 Å². The van der Waals surface area contributed by atoms with Gasteiger partial charge in [-0.1, -0.05) is 89.6 Å². The maximum absolute atomic E-state index is 6.79. The van der Waals surface area contributed by atoms with Gasteiger partial charge in [0.25, 0.3) is 0 Å². The topological polar surface area (TPSA) is 90.4 Å². The van der Waals surface area contributed by atoms with Crippen molar-refractivity contribution >= 4 is 5.71 Å². The molecule has 4 nitrogen and oxygen atoms in total. The average molecular weight is 577 g/mol. The molecular weight excluding hydrogens is 512 g/mol. The standard InChI is InChI=1S/C38H64N4/c1-7-30(26-37(41)36-19-15-14-16-31(36)8-2)25-34(22-23-39)28(5)24-32(9-3)38(10-4)42-29(6)20-21-35(27-40)33-17-12-11-13-18-33/h8,11-12,15,19-23,28,30,32-35,37-38H,2,7,9-10,13-14,16-18,24-27,39-41H2,1,3-6H3/b21-20-,23-22-,42-29+/t28-,30?,32?,33?,34?,35?,37+,38?/m1/s1. The molecule has 0 heterocycles. The minimum Gasteiger partial charge on any atom is -0.405 e. The Labute approximate surface area is 259 Å². The van der Waals surface area contributed by atoms with Crippen LogP contribution >= 0.6 is 0 Å². The second-order valence-electron chi connectivity index (χ2n) is 13.0. The Morgan fingerprint density at radius 2 is 1.83 bits per heavy atom. The Balaban J connectivity index is 2.07. The summed E-state index contributed by atoms with van der Waals surface area (Å²) in [6.07, 6.45) is 32.0. The summed E-state index contributed by atoms with van der Waals surface area (Å²) in [6.45, 7) is 16.2. The molecule has 8 atom stereocenters. The number of aliphatic imine (C=N–C) groups is 1. The Kier molecular flexibility index (Phi) is 17.1. The zero-order valence-electron chi connectivity index (χ0n) is 27.7. The fraction of sp³-hybridized carbons (Fsp3) is 0.658. The highest BCUT2D eigenvalue weighted by Crippen LogP contribution is 2.35. The highest BCUT2D eigenvalue weighted by Gasteiger charge is 2.27. The normalized spacial score (nSPS) is 23.2. The summed E-state index contributed by atoms with van der Waals surface area (Å²) in [5.74, 6) is 3.15. The summed E-state index contributed by atoms with van der Waals surface area (Å²) >= 11 is 0. The monoisotopic (exact) mass is 577 g/mol. The van der Waals surface area contributed by atoms with Crippen LogP contribution in [0, 0.1) is 35.5 Å². The molecule has 0 spiro atoms. The minimum absolute atomic E-state index is 0.0592. The van der Waals surface area contributed by atoms with Crippen LogP contribution in [-0.4, -0.2) is 24.3 Å². The van der Waals surface area contributed by atoms with Crippen molar-refractivity contribution in [2.45, 2.75) is 117 Å². The van der Waals surface area contributed by atoms with Crippen molar-refractivity contribution in [3.8, 4) is 0 Å². The minimum atomic E-state index is 0.0592. The van der Waals surface area contributed by atoms with Crippen molar-refractivity contribution < 1.29 is 0 Å². The Bertz CT molecular complexity index is 968. The molecule has 0 saturated heterocycles. The third-order valence-corrected chi connectivity index (χ3v) is 10.1. The first-order chi connectivity index (χ1) is 20.3. The first-order valence-corrected chi connectivity index (χ1v) is 17.0. The highest BCUT2D eigenvalue weighted by atomic mass is 14.8.